The largest absolute Gasteiger partial charge is 0.349 e. The zero-order chi connectivity index (χ0) is 26.5. The minimum absolute atomic E-state index is 0.0841. The summed E-state index contributed by atoms with van der Waals surface area (Å²) >= 11 is 2.95. The normalized spacial score (nSPS) is 14.9. The summed E-state index contributed by atoms with van der Waals surface area (Å²) in [6.45, 7) is 2.31. The Balaban J connectivity index is 1.22. The molecule has 10 heteroatoms. The minimum Gasteiger partial charge on any atom is -0.349 e. The van der Waals surface area contributed by atoms with Gasteiger partial charge in [0.25, 0.3) is 5.91 Å². The van der Waals surface area contributed by atoms with Crippen LogP contribution in [0, 0.1) is 6.92 Å². The molecule has 2 aromatic carbocycles. The number of hydrogen-bond donors (Lipinski definition) is 1. The molecule has 0 saturated carbocycles. The number of hydrazone groups is 1. The molecular formula is C28H28N6O2S2. The third-order valence-electron chi connectivity index (χ3n) is 6.33. The van der Waals surface area contributed by atoms with Crippen LogP contribution >= 0.6 is 23.1 Å². The van der Waals surface area contributed by atoms with Crippen molar-refractivity contribution in [3.8, 4) is 0 Å². The first-order chi connectivity index (χ1) is 18.5. The van der Waals surface area contributed by atoms with Crippen molar-refractivity contribution in [2.45, 2.75) is 37.5 Å². The van der Waals surface area contributed by atoms with Crippen molar-refractivity contribution in [1.82, 2.24) is 25.1 Å². The Kier molecular flexibility index (Phi) is 8.00. The summed E-state index contributed by atoms with van der Waals surface area (Å²) in [7, 11) is 1.84. The van der Waals surface area contributed by atoms with Crippen LogP contribution in [0.4, 0.5) is 0 Å². The van der Waals surface area contributed by atoms with Gasteiger partial charge in [-0.3, -0.25) is 9.59 Å². The van der Waals surface area contributed by atoms with Crippen LogP contribution < -0.4 is 5.32 Å². The Hall–Kier alpha value is -3.76. The second kappa shape index (κ2) is 11.7. The molecule has 2 amide bonds. The van der Waals surface area contributed by atoms with Crippen LogP contribution in [0.1, 0.15) is 39.9 Å². The van der Waals surface area contributed by atoms with Crippen molar-refractivity contribution in [2.75, 3.05) is 5.75 Å². The Morgan fingerprint density at radius 3 is 2.58 bits per heavy atom. The number of carbonyl (C=O) groups excluding carboxylic acids is 2. The average molecular weight is 545 g/mol. The summed E-state index contributed by atoms with van der Waals surface area (Å²) < 4.78 is 1.81. The van der Waals surface area contributed by atoms with E-state index in [1.165, 1.54) is 17.3 Å². The van der Waals surface area contributed by atoms with Crippen LogP contribution in [0.2, 0.25) is 0 Å². The molecular weight excluding hydrogens is 516 g/mol. The fourth-order valence-corrected chi connectivity index (χ4v) is 5.72. The van der Waals surface area contributed by atoms with Crippen LogP contribution in [-0.4, -0.2) is 43.1 Å². The quantitative estimate of drug-likeness (QED) is 0.313. The molecule has 5 rings (SSSR count). The molecule has 0 aliphatic carbocycles. The smallest absolute Gasteiger partial charge is 0.253 e. The molecule has 38 heavy (non-hydrogen) atoms. The molecule has 0 unspecified atom stereocenters. The lowest BCUT2D eigenvalue weighted by molar-refractivity contribution is -0.130. The van der Waals surface area contributed by atoms with Gasteiger partial charge < -0.3 is 9.88 Å². The molecule has 0 spiro atoms. The van der Waals surface area contributed by atoms with Crippen LogP contribution in [0.15, 0.2) is 82.4 Å². The second-order valence-corrected chi connectivity index (χ2v) is 11.0. The van der Waals surface area contributed by atoms with Gasteiger partial charge in [0, 0.05) is 13.5 Å². The molecule has 0 bridgehead atoms. The van der Waals surface area contributed by atoms with Crippen molar-refractivity contribution in [3.05, 3.63) is 99.5 Å². The molecule has 2 aromatic heterocycles. The summed E-state index contributed by atoms with van der Waals surface area (Å²) in [4.78, 5) is 26.8. The summed E-state index contributed by atoms with van der Waals surface area (Å²) in [5.41, 5.74) is 4.12. The highest BCUT2D eigenvalue weighted by molar-refractivity contribution is 7.99. The number of thiophene rings is 1. The lowest BCUT2D eigenvalue weighted by Crippen LogP contribution is -2.28. The number of nitrogens with one attached hydrogen (secondary N) is 1. The SMILES string of the molecule is Cc1ccc([C@@H]2CC(c3cccs3)=NN2C(=O)CSc2nnc(CNC(=O)Cc3ccccc3)n2C)cc1. The van der Waals surface area contributed by atoms with Gasteiger partial charge in [0.05, 0.1) is 35.3 Å². The maximum absolute atomic E-state index is 13.4. The van der Waals surface area contributed by atoms with E-state index in [4.69, 9.17) is 5.10 Å². The molecule has 1 N–H and O–H groups in total. The summed E-state index contributed by atoms with van der Waals surface area (Å²) in [5.74, 6) is 0.626. The highest BCUT2D eigenvalue weighted by Gasteiger charge is 2.33. The van der Waals surface area contributed by atoms with Gasteiger partial charge in [-0.25, -0.2) is 5.01 Å². The van der Waals surface area contributed by atoms with E-state index in [-0.39, 0.29) is 30.2 Å². The number of amides is 2. The summed E-state index contributed by atoms with van der Waals surface area (Å²) in [6, 6.07) is 21.8. The van der Waals surface area contributed by atoms with Crippen LogP contribution in [0.25, 0.3) is 0 Å². The molecule has 0 fully saturated rings. The average Bonchev–Trinajstić information content (AvgIpc) is 3.68. The number of rotatable bonds is 9. The fourth-order valence-electron chi connectivity index (χ4n) is 4.22. The molecule has 0 radical (unpaired) electrons. The molecule has 4 aromatic rings. The Bertz CT molecular complexity index is 1430. The molecule has 3 heterocycles. The fraction of sp³-hybridized carbons (Fsp3) is 0.250. The van der Waals surface area contributed by atoms with Gasteiger partial charge in [0.2, 0.25) is 5.91 Å². The van der Waals surface area contributed by atoms with Gasteiger partial charge in [0.1, 0.15) is 0 Å². The lowest BCUT2D eigenvalue weighted by atomic mass is 10.00. The van der Waals surface area contributed by atoms with E-state index in [9.17, 15) is 9.59 Å². The second-order valence-electron chi connectivity index (χ2n) is 9.08. The highest BCUT2D eigenvalue weighted by Crippen LogP contribution is 2.34. The first-order valence-corrected chi connectivity index (χ1v) is 14.2. The van der Waals surface area contributed by atoms with E-state index < -0.39 is 0 Å². The molecule has 1 aliphatic heterocycles. The number of aromatic nitrogens is 3. The summed E-state index contributed by atoms with van der Waals surface area (Å²) in [5, 5.41) is 20.3. The van der Waals surface area contributed by atoms with E-state index in [1.54, 1.807) is 16.3 Å². The number of nitrogens with zero attached hydrogens (tertiary/aromatic N) is 5. The van der Waals surface area contributed by atoms with Gasteiger partial charge in [0.15, 0.2) is 11.0 Å². The van der Waals surface area contributed by atoms with Gasteiger partial charge in [-0.2, -0.15) is 5.10 Å². The Morgan fingerprint density at radius 1 is 1.05 bits per heavy atom. The maximum atomic E-state index is 13.4. The van der Waals surface area contributed by atoms with Gasteiger partial charge >= 0.3 is 0 Å². The zero-order valence-corrected chi connectivity index (χ0v) is 22.8. The van der Waals surface area contributed by atoms with Gasteiger partial charge in [-0.15, -0.1) is 21.5 Å². The predicted octanol–water partition coefficient (Wildman–Crippen LogP) is 4.51. The van der Waals surface area contributed by atoms with E-state index >= 15 is 0 Å². The monoisotopic (exact) mass is 544 g/mol. The van der Waals surface area contributed by atoms with E-state index in [0.29, 0.717) is 23.8 Å². The summed E-state index contributed by atoms with van der Waals surface area (Å²) in [6.07, 6.45) is 0.984. The number of aryl methyl sites for hydroxylation is 1. The van der Waals surface area contributed by atoms with Crippen molar-refractivity contribution < 1.29 is 9.59 Å². The molecule has 194 valence electrons. The van der Waals surface area contributed by atoms with Crippen LogP contribution in [-0.2, 0) is 29.6 Å². The van der Waals surface area contributed by atoms with Crippen molar-refractivity contribution in [1.29, 1.82) is 0 Å². The van der Waals surface area contributed by atoms with E-state index in [1.807, 2.05) is 59.5 Å². The standard InChI is InChI=1S/C28H28N6O2S2/c1-19-10-12-21(13-11-19)23-16-22(24-9-6-14-37-24)32-34(23)27(36)18-38-28-31-30-25(33(28)2)17-29-26(35)15-20-7-4-3-5-8-20/h3-14,23H,15-18H2,1-2H3,(H,29,35)/t23-/m0/s1. The van der Waals surface area contributed by atoms with E-state index in [0.717, 1.165) is 21.7 Å². The van der Waals surface area contributed by atoms with Gasteiger partial charge in [-0.1, -0.05) is 78.0 Å². The third kappa shape index (κ3) is 6.03. The number of carbonyl (C=O) groups is 2. The first-order valence-electron chi connectivity index (χ1n) is 12.3. The first kappa shape index (κ1) is 25.9. The predicted molar refractivity (Wildman–Crippen MR) is 150 cm³/mol. The minimum atomic E-state index is -0.143. The molecule has 8 nitrogen and oxygen atoms in total. The van der Waals surface area contributed by atoms with Crippen molar-refractivity contribution >= 4 is 40.6 Å². The van der Waals surface area contributed by atoms with Gasteiger partial charge in [-0.05, 0) is 29.5 Å². The van der Waals surface area contributed by atoms with Crippen molar-refractivity contribution in [3.63, 3.8) is 0 Å². The van der Waals surface area contributed by atoms with Crippen LogP contribution in [0.3, 0.4) is 0 Å². The topological polar surface area (TPSA) is 92.5 Å². The van der Waals surface area contributed by atoms with Crippen LogP contribution in [0.5, 0.6) is 0 Å². The van der Waals surface area contributed by atoms with E-state index in [2.05, 4.69) is 46.7 Å². The molecule has 0 saturated heterocycles. The number of thioether (sulfide) groups is 1. The number of hydrogen-bond acceptors (Lipinski definition) is 7. The third-order valence-corrected chi connectivity index (χ3v) is 8.26. The number of benzene rings is 2. The Labute approximate surface area is 229 Å². The lowest BCUT2D eigenvalue weighted by Gasteiger charge is -2.22. The van der Waals surface area contributed by atoms with Crippen molar-refractivity contribution in [2.24, 2.45) is 12.1 Å². The maximum Gasteiger partial charge on any atom is 0.253 e. The molecule has 1 aliphatic rings. The Morgan fingerprint density at radius 2 is 1.84 bits per heavy atom. The highest BCUT2D eigenvalue weighted by atomic mass is 32.2. The zero-order valence-electron chi connectivity index (χ0n) is 21.2. The molecule has 1 atom stereocenters.